The molecule has 3 heteroatoms. The molecule has 0 heterocycles. The summed E-state index contributed by atoms with van der Waals surface area (Å²) < 4.78 is 0. The van der Waals surface area contributed by atoms with Crippen molar-refractivity contribution < 1.29 is 4.79 Å². The highest BCUT2D eigenvalue weighted by Gasteiger charge is 2.30. The summed E-state index contributed by atoms with van der Waals surface area (Å²) in [5.74, 6) is 1.19. The molecule has 3 nitrogen and oxygen atoms in total. The third-order valence-corrected chi connectivity index (χ3v) is 3.04. The third kappa shape index (κ3) is 3.66. The fourth-order valence-corrected chi connectivity index (χ4v) is 1.38. The van der Waals surface area contributed by atoms with Crippen molar-refractivity contribution in [3.8, 4) is 0 Å². The largest absolute Gasteiger partial charge is 0.353 e. The summed E-state index contributed by atoms with van der Waals surface area (Å²) in [4.78, 5) is 11.5. The first kappa shape index (κ1) is 11.5. The van der Waals surface area contributed by atoms with E-state index in [2.05, 4.69) is 19.2 Å². The Morgan fingerprint density at radius 1 is 1.43 bits per heavy atom. The predicted octanol–water partition coefficient (Wildman–Crippen LogP) is 1.27. The van der Waals surface area contributed by atoms with Crippen molar-refractivity contribution in [3.05, 3.63) is 0 Å². The lowest BCUT2D eigenvalue weighted by molar-refractivity contribution is -0.122. The number of nitrogens with one attached hydrogen (secondary N) is 1. The molecule has 1 fully saturated rings. The second-order valence-electron chi connectivity index (χ2n) is 4.81. The highest BCUT2D eigenvalue weighted by atomic mass is 16.1. The molecule has 0 aromatic rings. The molecule has 3 N–H and O–H groups in total. The summed E-state index contributed by atoms with van der Waals surface area (Å²) in [6.45, 7) is 6.24. The summed E-state index contributed by atoms with van der Waals surface area (Å²) in [5.41, 5.74) is 5.87. The van der Waals surface area contributed by atoms with Crippen molar-refractivity contribution in [3.63, 3.8) is 0 Å². The zero-order chi connectivity index (χ0) is 10.7. The van der Waals surface area contributed by atoms with E-state index >= 15 is 0 Å². The van der Waals surface area contributed by atoms with Gasteiger partial charge in [-0.05, 0) is 31.6 Å². The van der Waals surface area contributed by atoms with Gasteiger partial charge in [-0.25, -0.2) is 0 Å². The average molecular weight is 198 g/mol. The van der Waals surface area contributed by atoms with E-state index in [0.29, 0.717) is 18.3 Å². The second-order valence-corrected chi connectivity index (χ2v) is 4.81. The number of carbonyl (C=O) groups is 1. The van der Waals surface area contributed by atoms with Crippen LogP contribution in [0.1, 0.15) is 40.0 Å². The Morgan fingerprint density at radius 2 is 2.00 bits per heavy atom. The van der Waals surface area contributed by atoms with Crippen LogP contribution >= 0.6 is 0 Å². The second kappa shape index (κ2) is 4.78. The Bertz CT molecular complexity index is 187. The highest BCUT2D eigenvalue weighted by molar-refractivity contribution is 5.76. The van der Waals surface area contributed by atoms with Gasteiger partial charge in [0.25, 0.3) is 0 Å². The molecule has 2 atom stereocenters. The lowest BCUT2D eigenvalue weighted by atomic mass is 10.1. The molecule has 1 rings (SSSR count). The van der Waals surface area contributed by atoms with E-state index in [1.807, 2.05) is 6.92 Å². The molecule has 2 unspecified atom stereocenters. The summed E-state index contributed by atoms with van der Waals surface area (Å²) in [7, 11) is 0. The van der Waals surface area contributed by atoms with Crippen LogP contribution in [-0.2, 0) is 4.79 Å². The number of hydrogen-bond acceptors (Lipinski definition) is 2. The van der Waals surface area contributed by atoms with Crippen LogP contribution in [0.25, 0.3) is 0 Å². The number of amides is 1. The molecule has 14 heavy (non-hydrogen) atoms. The van der Waals surface area contributed by atoms with E-state index in [9.17, 15) is 4.79 Å². The maximum atomic E-state index is 11.5. The van der Waals surface area contributed by atoms with Gasteiger partial charge in [0, 0.05) is 18.5 Å². The zero-order valence-electron chi connectivity index (χ0n) is 9.42. The van der Waals surface area contributed by atoms with Crippen LogP contribution in [0, 0.1) is 11.8 Å². The van der Waals surface area contributed by atoms with Gasteiger partial charge in [0.15, 0.2) is 0 Å². The van der Waals surface area contributed by atoms with Crippen molar-refractivity contribution in [1.82, 2.24) is 5.32 Å². The number of hydrogen-bond donors (Lipinski definition) is 2. The van der Waals surface area contributed by atoms with Gasteiger partial charge in [0.05, 0.1) is 0 Å². The normalized spacial score (nSPS) is 20.6. The zero-order valence-corrected chi connectivity index (χ0v) is 9.42. The summed E-state index contributed by atoms with van der Waals surface area (Å²) in [6.07, 6.45) is 2.89. The first-order chi connectivity index (χ1) is 6.50. The Balaban J connectivity index is 2.20. The minimum absolute atomic E-state index is 0.0781. The van der Waals surface area contributed by atoms with Crippen LogP contribution in [0.2, 0.25) is 0 Å². The molecular formula is C11H22N2O. The van der Waals surface area contributed by atoms with Gasteiger partial charge in [0.2, 0.25) is 5.91 Å². The minimum atomic E-state index is 0.0781. The Kier molecular flexibility index (Phi) is 3.93. The molecule has 0 spiro atoms. The van der Waals surface area contributed by atoms with Crippen molar-refractivity contribution in [1.29, 1.82) is 0 Å². The smallest absolute Gasteiger partial charge is 0.221 e. The molecule has 0 radical (unpaired) electrons. The van der Waals surface area contributed by atoms with Crippen LogP contribution < -0.4 is 11.1 Å². The lowest BCUT2D eigenvalue weighted by Gasteiger charge is -2.18. The van der Waals surface area contributed by atoms with Gasteiger partial charge in [-0.3, -0.25) is 4.79 Å². The molecule has 0 saturated heterocycles. The lowest BCUT2D eigenvalue weighted by Crippen LogP contribution is -2.39. The summed E-state index contributed by atoms with van der Waals surface area (Å²) in [5, 5.41) is 2.97. The fourth-order valence-electron chi connectivity index (χ4n) is 1.38. The molecule has 0 aromatic carbocycles. The van der Waals surface area contributed by atoms with Crippen LogP contribution in [0.5, 0.6) is 0 Å². The van der Waals surface area contributed by atoms with Crippen LogP contribution in [0.3, 0.4) is 0 Å². The minimum Gasteiger partial charge on any atom is -0.353 e. The van der Waals surface area contributed by atoms with E-state index < -0.39 is 0 Å². The van der Waals surface area contributed by atoms with Crippen molar-refractivity contribution in [2.45, 2.75) is 52.1 Å². The number of nitrogens with two attached hydrogens (primary N) is 1. The molecule has 1 amide bonds. The summed E-state index contributed by atoms with van der Waals surface area (Å²) >= 11 is 0. The standard InChI is InChI=1S/C11H22N2O/c1-7(2)8(3)13-11(14)6-10(12)9-4-5-9/h7-10H,4-6,12H2,1-3H3,(H,13,14). The maximum Gasteiger partial charge on any atom is 0.221 e. The first-order valence-corrected chi connectivity index (χ1v) is 5.55. The van der Waals surface area contributed by atoms with Crippen molar-refractivity contribution >= 4 is 5.91 Å². The molecule has 0 bridgehead atoms. The molecule has 1 aliphatic carbocycles. The number of rotatable bonds is 5. The predicted molar refractivity (Wildman–Crippen MR) is 57.8 cm³/mol. The average Bonchev–Trinajstić information content (AvgIpc) is 2.85. The summed E-state index contributed by atoms with van der Waals surface area (Å²) in [6, 6.07) is 0.322. The monoisotopic (exact) mass is 198 g/mol. The van der Waals surface area contributed by atoms with Crippen LogP contribution in [0.15, 0.2) is 0 Å². The maximum absolute atomic E-state index is 11.5. The molecule has 82 valence electrons. The highest BCUT2D eigenvalue weighted by Crippen LogP contribution is 2.32. The molecule has 0 aliphatic heterocycles. The van der Waals surface area contributed by atoms with E-state index in [1.165, 1.54) is 12.8 Å². The van der Waals surface area contributed by atoms with Crippen LogP contribution in [-0.4, -0.2) is 18.0 Å². The molecule has 1 aliphatic rings. The SMILES string of the molecule is CC(C)C(C)NC(=O)CC(N)C1CC1. The fraction of sp³-hybridized carbons (Fsp3) is 0.909. The van der Waals surface area contributed by atoms with Crippen molar-refractivity contribution in [2.75, 3.05) is 0 Å². The topological polar surface area (TPSA) is 55.1 Å². The molecule has 0 aromatic heterocycles. The first-order valence-electron chi connectivity index (χ1n) is 5.55. The molecular weight excluding hydrogens is 176 g/mol. The third-order valence-electron chi connectivity index (χ3n) is 3.04. The van der Waals surface area contributed by atoms with E-state index in [1.54, 1.807) is 0 Å². The van der Waals surface area contributed by atoms with E-state index in [-0.39, 0.29) is 18.0 Å². The van der Waals surface area contributed by atoms with Gasteiger partial charge in [0.1, 0.15) is 0 Å². The Labute approximate surface area is 86.4 Å². The quantitative estimate of drug-likeness (QED) is 0.699. The Hall–Kier alpha value is -0.570. The van der Waals surface area contributed by atoms with Gasteiger partial charge < -0.3 is 11.1 Å². The van der Waals surface area contributed by atoms with Crippen molar-refractivity contribution in [2.24, 2.45) is 17.6 Å². The van der Waals surface area contributed by atoms with Gasteiger partial charge >= 0.3 is 0 Å². The Morgan fingerprint density at radius 3 is 2.43 bits per heavy atom. The van der Waals surface area contributed by atoms with E-state index in [4.69, 9.17) is 5.73 Å². The number of carbonyl (C=O) groups excluding carboxylic acids is 1. The van der Waals surface area contributed by atoms with Crippen LogP contribution in [0.4, 0.5) is 0 Å². The van der Waals surface area contributed by atoms with Gasteiger partial charge in [-0.1, -0.05) is 13.8 Å². The van der Waals surface area contributed by atoms with Gasteiger partial charge in [-0.2, -0.15) is 0 Å². The van der Waals surface area contributed by atoms with E-state index in [0.717, 1.165) is 0 Å². The molecule has 1 saturated carbocycles. The van der Waals surface area contributed by atoms with Gasteiger partial charge in [-0.15, -0.1) is 0 Å².